The predicted octanol–water partition coefficient (Wildman–Crippen LogP) is 3.38. The van der Waals surface area contributed by atoms with Gasteiger partial charge in [0.1, 0.15) is 0 Å². The molecule has 1 nitrogen and oxygen atoms in total. The Balaban J connectivity index is 2.25. The summed E-state index contributed by atoms with van der Waals surface area (Å²) in [4.78, 5) is 11.2. The molecule has 0 heterocycles. The number of ketones is 1. The van der Waals surface area contributed by atoms with E-state index in [1.54, 1.807) is 6.08 Å². The predicted molar refractivity (Wildman–Crippen MR) is 62.4 cm³/mol. The maximum Gasteiger partial charge on any atom is 0.155 e. The third-order valence-electron chi connectivity index (χ3n) is 2.59. The maximum atomic E-state index is 11.2. The molecule has 0 saturated carbocycles. The first-order chi connectivity index (χ1) is 7.36. The highest BCUT2D eigenvalue weighted by atomic mass is 16.1. The van der Waals surface area contributed by atoms with Crippen molar-refractivity contribution in [2.24, 2.45) is 0 Å². The monoisotopic (exact) mass is 198 g/mol. The van der Waals surface area contributed by atoms with Gasteiger partial charge in [0.25, 0.3) is 0 Å². The first-order valence-electron chi connectivity index (χ1n) is 5.32. The highest BCUT2D eigenvalue weighted by molar-refractivity contribution is 5.90. The minimum atomic E-state index is 0.235. The topological polar surface area (TPSA) is 17.1 Å². The highest BCUT2D eigenvalue weighted by Gasteiger charge is 2.04. The molecule has 1 heteroatoms. The lowest BCUT2D eigenvalue weighted by molar-refractivity contribution is -0.114. The second-order valence-corrected chi connectivity index (χ2v) is 3.74. The van der Waals surface area contributed by atoms with E-state index in [-0.39, 0.29) is 5.78 Å². The summed E-state index contributed by atoms with van der Waals surface area (Å²) in [5, 5.41) is 0. The number of allylic oxidation sites excluding steroid dienone is 4. The first-order valence-corrected chi connectivity index (χ1v) is 5.32. The summed E-state index contributed by atoms with van der Waals surface area (Å²) in [6.45, 7) is 0. The Bertz CT molecular complexity index is 399. The molecule has 76 valence electrons. The second-order valence-electron chi connectivity index (χ2n) is 3.74. The highest BCUT2D eigenvalue weighted by Crippen LogP contribution is 2.22. The summed E-state index contributed by atoms with van der Waals surface area (Å²) in [7, 11) is 0. The molecule has 0 spiro atoms. The number of rotatable bonds is 1. The summed E-state index contributed by atoms with van der Waals surface area (Å²) >= 11 is 0. The van der Waals surface area contributed by atoms with E-state index < -0.39 is 0 Å². The van der Waals surface area contributed by atoms with Crippen molar-refractivity contribution in [3.63, 3.8) is 0 Å². The van der Waals surface area contributed by atoms with Crippen LogP contribution in [0, 0.1) is 0 Å². The Morgan fingerprint density at radius 3 is 2.60 bits per heavy atom. The fourth-order valence-corrected chi connectivity index (χ4v) is 1.78. The van der Waals surface area contributed by atoms with Crippen molar-refractivity contribution in [1.82, 2.24) is 0 Å². The second kappa shape index (κ2) is 4.74. The minimum Gasteiger partial charge on any atom is -0.295 e. The van der Waals surface area contributed by atoms with Gasteiger partial charge in [-0.15, -0.1) is 0 Å². The third kappa shape index (κ3) is 2.66. The molecule has 0 atom stereocenters. The Kier molecular flexibility index (Phi) is 3.13. The number of benzene rings is 1. The van der Waals surface area contributed by atoms with Crippen molar-refractivity contribution in [2.45, 2.75) is 19.3 Å². The summed E-state index contributed by atoms with van der Waals surface area (Å²) < 4.78 is 0. The van der Waals surface area contributed by atoms with Crippen LogP contribution in [0.15, 0.2) is 48.6 Å². The summed E-state index contributed by atoms with van der Waals surface area (Å²) in [6.07, 6.45) is 8.18. The van der Waals surface area contributed by atoms with Gasteiger partial charge in [-0.05, 0) is 30.1 Å². The molecule has 1 aliphatic rings. The molecule has 0 fully saturated rings. The van der Waals surface area contributed by atoms with Crippen LogP contribution >= 0.6 is 0 Å². The Hall–Kier alpha value is -1.63. The summed E-state index contributed by atoms with van der Waals surface area (Å²) in [6, 6.07) is 10.3. The Labute approximate surface area is 90.1 Å². The first kappa shape index (κ1) is 9.91. The molecule has 0 unspecified atom stereocenters. The van der Waals surface area contributed by atoms with Crippen LogP contribution in [0.25, 0.3) is 5.57 Å². The van der Waals surface area contributed by atoms with Crippen molar-refractivity contribution in [3.8, 4) is 0 Å². The van der Waals surface area contributed by atoms with Crippen LogP contribution < -0.4 is 0 Å². The Morgan fingerprint density at radius 2 is 1.80 bits per heavy atom. The van der Waals surface area contributed by atoms with Crippen LogP contribution in [0.4, 0.5) is 0 Å². The molecule has 0 N–H and O–H groups in total. The minimum absolute atomic E-state index is 0.235. The van der Waals surface area contributed by atoms with Crippen LogP contribution in [0.3, 0.4) is 0 Å². The van der Waals surface area contributed by atoms with Crippen LogP contribution in [0.2, 0.25) is 0 Å². The van der Waals surface area contributed by atoms with Crippen molar-refractivity contribution in [2.75, 3.05) is 0 Å². The molecule has 1 aromatic rings. The van der Waals surface area contributed by atoms with Crippen LogP contribution in [-0.2, 0) is 4.79 Å². The fourth-order valence-electron chi connectivity index (χ4n) is 1.78. The van der Waals surface area contributed by atoms with Crippen LogP contribution in [0.1, 0.15) is 24.8 Å². The van der Waals surface area contributed by atoms with Crippen molar-refractivity contribution in [3.05, 3.63) is 54.1 Å². The van der Waals surface area contributed by atoms with E-state index in [1.807, 2.05) is 30.4 Å². The molecule has 2 rings (SSSR count). The molecular formula is C14H14O. The standard InChI is InChI=1S/C14H14O/c15-14-10-4-8-13(9-5-11-14)12-6-2-1-3-7-12/h1-4,6-8,10H,5,9,11H2/b10-4-,13-8+. The number of carbonyl (C=O) groups is 1. The van der Waals surface area contributed by atoms with E-state index >= 15 is 0 Å². The molecule has 0 aromatic heterocycles. The smallest absolute Gasteiger partial charge is 0.155 e. The summed E-state index contributed by atoms with van der Waals surface area (Å²) in [5.74, 6) is 0.235. The zero-order chi connectivity index (χ0) is 10.5. The fraction of sp³-hybridized carbons (Fsp3) is 0.214. The average molecular weight is 198 g/mol. The molecule has 0 saturated heterocycles. The van der Waals surface area contributed by atoms with Gasteiger partial charge >= 0.3 is 0 Å². The lowest BCUT2D eigenvalue weighted by atomic mass is 9.97. The van der Waals surface area contributed by atoms with Crippen molar-refractivity contribution in [1.29, 1.82) is 0 Å². The SMILES string of the molecule is O=C1/C=C\C=C(\c2ccccc2)CCC1. The maximum absolute atomic E-state index is 11.2. The molecule has 1 aromatic carbocycles. The largest absolute Gasteiger partial charge is 0.295 e. The van der Waals surface area contributed by atoms with Gasteiger partial charge in [0, 0.05) is 6.42 Å². The van der Waals surface area contributed by atoms with E-state index in [0.717, 1.165) is 12.8 Å². The van der Waals surface area contributed by atoms with E-state index in [2.05, 4.69) is 12.1 Å². The molecule has 15 heavy (non-hydrogen) atoms. The molecule has 0 radical (unpaired) electrons. The van der Waals surface area contributed by atoms with Crippen LogP contribution in [-0.4, -0.2) is 5.78 Å². The van der Waals surface area contributed by atoms with Gasteiger partial charge in [-0.25, -0.2) is 0 Å². The number of carbonyl (C=O) groups excluding carboxylic acids is 1. The van der Waals surface area contributed by atoms with Crippen LogP contribution in [0.5, 0.6) is 0 Å². The third-order valence-corrected chi connectivity index (χ3v) is 2.59. The lowest BCUT2D eigenvalue weighted by Crippen LogP contribution is -1.95. The zero-order valence-corrected chi connectivity index (χ0v) is 8.65. The molecule has 0 amide bonds. The van der Waals surface area contributed by atoms with E-state index in [9.17, 15) is 4.79 Å². The van der Waals surface area contributed by atoms with E-state index in [1.165, 1.54) is 11.1 Å². The van der Waals surface area contributed by atoms with Gasteiger partial charge in [-0.3, -0.25) is 4.79 Å². The van der Waals surface area contributed by atoms with E-state index in [4.69, 9.17) is 0 Å². The van der Waals surface area contributed by atoms with Gasteiger partial charge < -0.3 is 0 Å². The van der Waals surface area contributed by atoms with Gasteiger partial charge in [-0.2, -0.15) is 0 Å². The molecular weight excluding hydrogens is 184 g/mol. The van der Waals surface area contributed by atoms with E-state index in [0.29, 0.717) is 6.42 Å². The number of hydrogen-bond acceptors (Lipinski definition) is 1. The van der Waals surface area contributed by atoms with Gasteiger partial charge in [-0.1, -0.05) is 42.5 Å². The zero-order valence-electron chi connectivity index (χ0n) is 8.65. The summed E-state index contributed by atoms with van der Waals surface area (Å²) in [5.41, 5.74) is 2.58. The number of hydrogen-bond donors (Lipinski definition) is 0. The lowest BCUT2D eigenvalue weighted by Gasteiger charge is -2.08. The van der Waals surface area contributed by atoms with Crippen molar-refractivity contribution < 1.29 is 4.79 Å². The molecule has 1 aliphatic carbocycles. The quantitative estimate of drug-likeness (QED) is 0.676. The normalized spacial score (nSPS) is 22.4. The van der Waals surface area contributed by atoms with Crippen molar-refractivity contribution >= 4 is 11.4 Å². The van der Waals surface area contributed by atoms with Gasteiger partial charge in [0.2, 0.25) is 0 Å². The molecule has 0 aliphatic heterocycles. The van der Waals surface area contributed by atoms with Gasteiger partial charge in [0.05, 0.1) is 0 Å². The molecule has 0 bridgehead atoms. The Morgan fingerprint density at radius 1 is 1.00 bits per heavy atom. The van der Waals surface area contributed by atoms with Gasteiger partial charge in [0.15, 0.2) is 5.78 Å². The average Bonchev–Trinajstić information content (AvgIpc) is 2.24.